The second-order valence-corrected chi connectivity index (χ2v) is 6.29. The average Bonchev–Trinajstić information content (AvgIpc) is 2.14. The summed E-state index contributed by atoms with van der Waals surface area (Å²) in [4.78, 5) is 13.7. The Balaban J connectivity index is 2.59. The first-order valence-corrected chi connectivity index (χ1v) is 6.44. The highest BCUT2D eigenvalue weighted by molar-refractivity contribution is 5.68. The van der Waals surface area contributed by atoms with Crippen LogP contribution >= 0.6 is 0 Å². The van der Waals surface area contributed by atoms with Crippen molar-refractivity contribution < 1.29 is 9.53 Å². The maximum Gasteiger partial charge on any atom is 0.410 e. The largest absolute Gasteiger partial charge is 0.444 e. The Morgan fingerprint density at radius 1 is 1.41 bits per heavy atom. The number of carbonyl (C=O) groups is 1. The van der Waals surface area contributed by atoms with Crippen LogP contribution in [-0.2, 0) is 4.74 Å². The van der Waals surface area contributed by atoms with Gasteiger partial charge in [0.15, 0.2) is 0 Å². The quantitative estimate of drug-likeness (QED) is 0.767. The van der Waals surface area contributed by atoms with Gasteiger partial charge in [0.25, 0.3) is 0 Å². The molecule has 1 aliphatic heterocycles. The van der Waals surface area contributed by atoms with E-state index in [0.717, 1.165) is 6.42 Å². The lowest BCUT2D eigenvalue weighted by atomic mass is 9.84. The molecule has 1 rings (SSSR count). The molecule has 0 aliphatic carbocycles. The molecular formula is C13H26N2O2. The molecule has 1 aliphatic rings. The minimum atomic E-state index is -0.427. The number of amides is 1. The lowest BCUT2D eigenvalue weighted by molar-refractivity contribution is 0.0117. The third kappa shape index (κ3) is 4.19. The van der Waals surface area contributed by atoms with Gasteiger partial charge in [-0.25, -0.2) is 4.79 Å². The van der Waals surface area contributed by atoms with Gasteiger partial charge in [-0.2, -0.15) is 0 Å². The smallest absolute Gasteiger partial charge is 0.410 e. The number of hydrogen-bond acceptors (Lipinski definition) is 3. The number of piperidine rings is 1. The highest BCUT2D eigenvalue weighted by Crippen LogP contribution is 2.24. The maximum atomic E-state index is 12.0. The summed E-state index contributed by atoms with van der Waals surface area (Å²) in [5, 5.41) is 0. The molecule has 100 valence electrons. The molecule has 0 radical (unpaired) electrons. The van der Waals surface area contributed by atoms with Crippen molar-refractivity contribution in [2.75, 3.05) is 13.1 Å². The zero-order valence-electron chi connectivity index (χ0n) is 11.7. The first kappa shape index (κ1) is 14.3. The van der Waals surface area contributed by atoms with Crippen LogP contribution in [0.25, 0.3) is 0 Å². The number of ether oxygens (including phenoxy) is 1. The molecule has 0 saturated carbocycles. The van der Waals surface area contributed by atoms with E-state index in [0.29, 0.717) is 24.9 Å². The van der Waals surface area contributed by atoms with Crippen molar-refractivity contribution in [3.8, 4) is 0 Å². The molecule has 0 spiro atoms. The highest BCUT2D eigenvalue weighted by atomic mass is 16.6. The van der Waals surface area contributed by atoms with Crippen LogP contribution in [0, 0.1) is 11.8 Å². The summed E-state index contributed by atoms with van der Waals surface area (Å²) in [5.74, 6) is 0.867. The number of hydrogen-bond donors (Lipinski definition) is 1. The van der Waals surface area contributed by atoms with Gasteiger partial charge in [0, 0.05) is 19.1 Å². The first-order chi connectivity index (χ1) is 7.70. The third-order valence-corrected chi connectivity index (χ3v) is 3.22. The van der Waals surface area contributed by atoms with E-state index in [2.05, 4.69) is 13.8 Å². The third-order valence-electron chi connectivity index (χ3n) is 3.22. The molecule has 0 unspecified atom stereocenters. The van der Waals surface area contributed by atoms with Gasteiger partial charge < -0.3 is 15.4 Å². The van der Waals surface area contributed by atoms with E-state index in [1.165, 1.54) is 0 Å². The second-order valence-electron chi connectivity index (χ2n) is 6.29. The highest BCUT2D eigenvalue weighted by Gasteiger charge is 2.33. The van der Waals surface area contributed by atoms with Gasteiger partial charge >= 0.3 is 6.09 Å². The van der Waals surface area contributed by atoms with Crippen LogP contribution in [0.1, 0.15) is 41.0 Å². The fraction of sp³-hybridized carbons (Fsp3) is 0.923. The minimum absolute atomic E-state index is 0.202. The Morgan fingerprint density at radius 2 is 2.00 bits per heavy atom. The van der Waals surface area contributed by atoms with Gasteiger partial charge in [-0.1, -0.05) is 13.8 Å². The maximum absolute atomic E-state index is 12.0. The predicted molar refractivity (Wildman–Crippen MR) is 68.7 cm³/mol. The molecule has 17 heavy (non-hydrogen) atoms. The molecule has 1 heterocycles. The topological polar surface area (TPSA) is 55.6 Å². The standard InChI is InChI=1S/C13H26N2O2/c1-9(2)10-8-15(7-6-11(10)14)12(16)17-13(3,4)5/h9-11H,6-8,14H2,1-5H3/t10-,11-/m0/s1. The normalized spacial score (nSPS) is 26.2. The van der Waals surface area contributed by atoms with Crippen molar-refractivity contribution in [1.82, 2.24) is 4.90 Å². The molecule has 0 aromatic carbocycles. The van der Waals surface area contributed by atoms with Crippen molar-refractivity contribution >= 4 is 6.09 Å². The van der Waals surface area contributed by atoms with Crippen molar-refractivity contribution in [1.29, 1.82) is 0 Å². The van der Waals surface area contributed by atoms with E-state index < -0.39 is 5.60 Å². The Bertz CT molecular complexity index is 271. The Hall–Kier alpha value is -0.770. The summed E-state index contributed by atoms with van der Waals surface area (Å²) in [6.07, 6.45) is 0.650. The summed E-state index contributed by atoms with van der Waals surface area (Å²) in [6.45, 7) is 11.4. The molecule has 1 amide bonds. The van der Waals surface area contributed by atoms with Crippen LogP contribution < -0.4 is 5.73 Å². The fourth-order valence-electron chi connectivity index (χ4n) is 2.20. The van der Waals surface area contributed by atoms with E-state index >= 15 is 0 Å². The van der Waals surface area contributed by atoms with Crippen LogP contribution in [0.4, 0.5) is 4.79 Å². The zero-order chi connectivity index (χ0) is 13.2. The number of rotatable bonds is 1. The molecule has 0 aromatic heterocycles. The van der Waals surface area contributed by atoms with E-state index in [9.17, 15) is 4.79 Å². The molecular weight excluding hydrogens is 216 g/mol. The van der Waals surface area contributed by atoms with E-state index in [-0.39, 0.29) is 12.1 Å². The second kappa shape index (κ2) is 5.25. The van der Waals surface area contributed by atoms with Crippen molar-refractivity contribution in [3.05, 3.63) is 0 Å². The summed E-state index contributed by atoms with van der Waals surface area (Å²) < 4.78 is 5.39. The van der Waals surface area contributed by atoms with Gasteiger partial charge in [0.1, 0.15) is 5.60 Å². The van der Waals surface area contributed by atoms with Crippen LogP contribution in [-0.4, -0.2) is 35.7 Å². The number of carbonyl (C=O) groups excluding carboxylic acids is 1. The summed E-state index contributed by atoms with van der Waals surface area (Å²) in [7, 11) is 0. The SMILES string of the molecule is CC(C)[C@@H]1CN(C(=O)OC(C)(C)C)CC[C@@H]1N. The monoisotopic (exact) mass is 242 g/mol. The first-order valence-electron chi connectivity index (χ1n) is 6.44. The van der Waals surface area contributed by atoms with Crippen LogP contribution in [0.3, 0.4) is 0 Å². The summed E-state index contributed by atoms with van der Waals surface area (Å²) >= 11 is 0. The van der Waals surface area contributed by atoms with E-state index in [1.807, 2.05) is 20.8 Å². The van der Waals surface area contributed by atoms with Gasteiger partial charge in [0.2, 0.25) is 0 Å². The predicted octanol–water partition coefficient (Wildman–Crippen LogP) is 2.23. The number of nitrogens with zero attached hydrogens (tertiary/aromatic N) is 1. The number of likely N-dealkylation sites (tertiary alicyclic amines) is 1. The Morgan fingerprint density at radius 3 is 2.47 bits per heavy atom. The van der Waals surface area contributed by atoms with Crippen LogP contribution in [0.5, 0.6) is 0 Å². The van der Waals surface area contributed by atoms with E-state index in [4.69, 9.17) is 10.5 Å². The summed E-state index contributed by atoms with van der Waals surface area (Å²) in [5.41, 5.74) is 5.66. The van der Waals surface area contributed by atoms with Gasteiger partial charge in [-0.05, 0) is 39.0 Å². The molecule has 2 N–H and O–H groups in total. The number of nitrogens with two attached hydrogens (primary N) is 1. The minimum Gasteiger partial charge on any atom is -0.444 e. The van der Waals surface area contributed by atoms with Gasteiger partial charge in [0.05, 0.1) is 0 Å². The van der Waals surface area contributed by atoms with Crippen LogP contribution in [0.15, 0.2) is 0 Å². The van der Waals surface area contributed by atoms with Gasteiger partial charge in [-0.15, -0.1) is 0 Å². The molecule has 2 atom stereocenters. The molecule has 1 saturated heterocycles. The summed E-state index contributed by atoms with van der Waals surface area (Å²) in [6, 6.07) is 0.202. The van der Waals surface area contributed by atoms with Crippen LogP contribution in [0.2, 0.25) is 0 Å². The molecule has 4 nitrogen and oxygen atoms in total. The lowest BCUT2D eigenvalue weighted by Crippen LogP contribution is -2.51. The zero-order valence-corrected chi connectivity index (χ0v) is 11.7. The molecule has 0 bridgehead atoms. The molecule has 0 aromatic rings. The fourth-order valence-corrected chi connectivity index (χ4v) is 2.20. The Labute approximate surface area is 104 Å². The average molecular weight is 242 g/mol. The van der Waals surface area contributed by atoms with Crippen molar-refractivity contribution in [3.63, 3.8) is 0 Å². The van der Waals surface area contributed by atoms with Gasteiger partial charge in [-0.3, -0.25) is 0 Å². The van der Waals surface area contributed by atoms with Crippen molar-refractivity contribution in [2.45, 2.75) is 52.7 Å². The molecule has 1 fully saturated rings. The van der Waals surface area contributed by atoms with Crippen molar-refractivity contribution in [2.24, 2.45) is 17.6 Å². The Kier molecular flexibility index (Phi) is 4.42. The lowest BCUT2D eigenvalue weighted by Gasteiger charge is -2.39. The van der Waals surface area contributed by atoms with E-state index in [1.54, 1.807) is 4.90 Å². The molecule has 4 heteroatoms.